The van der Waals surface area contributed by atoms with Gasteiger partial charge in [0.1, 0.15) is 0 Å². The maximum Gasteiger partial charge on any atom is 0.328 e. The van der Waals surface area contributed by atoms with Crippen LogP contribution in [0, 0.1) is 0 Å². The number of aromatic nitrogens is 2. The molecule has 0 saturated heterocycles. The Labute approximate surface area is 124 Å². The summed E-state index contributed by atoms with van der Waals surface area (Å²) < 4.78 is 24.8. The van der Waals surface area contributed by atoms with E-state index < -0.39 is 27.1 Å². The van der Waals surface area contributed by atoms with Crippen LogP contribution >= 0.6 is 0 Å². The highest BCUT2D eigenvalue weighted by Gasteiger charge is 2.18. The molecule has 1 heterocycles. The number of hydrogen-bond acceptors (Lipinski definition) is 5. The number of H-pyrrole nitrogens is 1. The number of carboxylic acid groups (broad SMARTS) is 1. The fourth-order valence-electron chi connectivity index (χ4n) is 1.61. The highest BCUT2D eigenvalue weighted by Crippen LogP contribution is 2.13. The molecule has 8 nitrogen and oxygen atoms in total. The molecule has 0 spiro atoms. The highest BCUT2D eigenvalue weighted by molar-refractivity contribution is 7.89. The molecular formula is C13H10N2O6S. The largest absolute Gasteiger partial charge is 0.478 e. The molecule has 2 N–H and O–H groups in total. The zero-order chi connectivity index (χ0) is 16.3. The summed E-state index contributed by atoms with van der Waals surface area (Å²) in [5.74, 6) is -1.13. The molecule has 0 bridgehead atoms. The summed E-state index contributed by atoms with van der Waals surface area (Å²) in [6.45, 7) is 0. The number of hydrogen-bond donors (Lipinski definition) is 2. The van der Waals surface area contributed by atoms with Crippen molar-refractivity contribution in [2.24, 2.45) is 0 Å². The second kappa shape index (κ2) is 5.82. The average Bonchev–Trinajstić information content (AvgIpc) is 2.48. The van der Waals surface area contributed by atoms with Crippen LogP contribution in [-0.2, 0) is 14.8 Å². The Bertz CT molecular complexity index is 951. The Hall–Kier alpha value is -2.94. The van der Waals surface area contributed by atoms with Crippen LogP contribution in [0.25, 0.3) is 6.08 Å². The Morgan fingerprint density at radius 1 is 1.09 bits per heavy atom. The van der Waals surface area contributed by atoms with Gasteiger partial charge in [0, 0.05) is 18.2 Å². The Morgan fingerprint density at radius 2 is 1.73 bits per heavy atom. The van der Waals surface area contributed by atoms with E-state index in [0.717, 1.165) is 18.2 Å². The lowest BCUT2D eigenvalue weighted by atomic mass is 10.2. The monoisotopic (exact) mass is 322 g/mol. The first-order valence-electron chi connectivity index (χ1n) is 5.90. The quantitative estimate of drug-likeness (QED) is 0.755. The summed E-state index contributed by atoms with van der Waals surface area (Å²) in [5.41, 5.74) is -1.16. The van der Waals surface area contributed by atoms with Gasteiger partial charge in [0.15, 0.2) is 0 Å². The molecule has 1 aromatic carbocycles. The van der Waals surface area contributed by atoms with Gasteiger partial charge in [-0.3, -0.25) is 9.59 Å². The smallest absolute Gasteiger partial charge is 0.328 e. The minimum absolute atomic E-state index is 0.219. The van der Waals surface area contributed by atoms with Crippen molar-refractivity contribution in [2.75, 3.05) is 0 Å². The van der Waals surface area contributed by atoms with E-state index in [4.69, 9.17) is 5.11 Å². The summed E-state index contributed by atoms with van der Waals surface area (Å²) in [4.78, 5) is 32.9. The number of benzene rings is 1. The maximum absolute atomic E-state index is 12.3. The molecule has 22 heavy (non-hydrogen) atoms. The van der Waals surface area contributed by atoms with Crippen LogP contribution < -0.4 is 11.1 Å². The SMILES string of the molecule is O=C(O)/C=C/c1ccc(S(=O)(=O)n2[nH]c(=O)ccc2=O)cc1. The van der Waals surface area contributed by atoms with Gasteiger partial charge < -0.3 is 5.11 Å². The normalized spacial score (nSPS) is 11.6. The second-order valence-corrected chi connectivity index (χ2v) is 5.94. The predicted octanol–water partition coefficient (Wildman–Crippen LogP) is -0.129. The third-order valence-electron chi connectivity index (χ3n) is 2.63. The van der Waals surface area contributed by atoms with Gasteiger partial charge in [-0.1, -0.05) is 12.1 Å². The van der Waals surface area contributed by atoms with Crippen molar-refractivity contribution in [1.29, 1.82) is 0 Å². The first-order chi connectivity index (χ1) is 10.3. The van der Waals surface area contributed by atoms with E-state index >= 15 is 0 Å². The standard InChI is InChI=1S/C13H10N2O6S/c16-11-6-7-12(17)15(14-11)22(20,21)10-4-1-9(2-5-10)3-8-13(18)19/h1-8H,(H,14,16)(H,18,19)/b8-3+. The lowest BCUT2D eigenvalue weighted by Gasteiger charge is -2.06. The van der Waals surface area contributed by atoms with Crippen molar-refractivity contribution in [3.63, 3.8) is 0 Å². The fraction of sp³-hybridized carbons (Fsp3) is 0. The van der Waals surface area contributed by atoms with Crippen LogP contribution in [0.5, 0.6) is 0 Å². The lowest BCUT2D eigenvalue weighted by molar-refractivity contribution is -0.131. The molecule has 0 aliphatic heterocycles. The number of nitrogens with zero attached hydrogens (tertiary/aromatic N) is 1. The molecule has 0 atom stereocenters. The predicted molar refractivity (Wildman–Crippen MR) is 77.0 cm³/mol. The van der Waals surface area contributed by atoms with Crippen LogP contribution in [-0.4, -0.2) is 28.7 Å². The van der Waals surface area contributed by atoms with Crippen molar-refractivity contribution < 1.29 is 18.3 Å². The van der Waals surface area contributed by atoms with E-state index in [1.54, 1.807) is 0 Å². The van der Waals surface area contributed by atoms with E-state index in [0.29, 0.717) is 5.56 Å². The number of aromatic amines is 1. The van der Waals surface area contributed by atoms with Crippen molar-refractivity contribution in [3.05, 3.63) is 68.7 Å². The van der Waals surface area contributed by atoms with Gasteiger partial charge >= 0.3 is 5.97 Å². The van der Waals surface area contributed by atoms with Gasteiger partial charge in [0.25, 0.3) is 21.1 Å². The number of aliphatic carboxylic acids is 1. The molecule has 0 amide bonds. The Balaban J connectivity index is 2.46. The van der Waals surface area contributed by atoms with Crippen molar-refractivity contribution >= 4 is 22.1 Å². The summed E-state index contributed by atoms with van der Waals surface area (Å²) >= 11 is 0. The van der Waals surface area contributed by atoms with Crippen LogP contribution in [0.15, 0.2) is 57.0 Å². The van der Waals surface area contributed by atoms with Crippen molar-refractivity contribution in [1.82, 2.24) is 9.19 Å². The van der Waals surface area contributed by atoms with Gasteiger partial charge in [-0.05, 0) is 23.8 Å². The molecule has 9 heteroatoms. The zero-order valence-corrected chi connectivity index (χ0v) is 11.8. The Kier molecular flexibility index (Phi) is 4.08. The molecule has 0 saturated carbocycles. The van der Waals surface area contributed by atoms with Crippen LogP contribution in [0.2, 0.25) is 0 Å². The summed E-state index contributed by atoms with van der Waals surface area (Å²) in [5, 5.41) is 10.4. The van der Waals surface area contributed by atoms with E-state index in [1.165, 1.54) is 30.3 Å². The van der Waals surface area contributed by atoms with E-state index in [-0.39, 0.29) is 8.98 Å². The summed E-state index contributed by atoms with van der Waals surface area (Å²) in [7, 11) is -4.23. The van der Waals surface area contributed by atoms with E-state index in [9.17, 15) is 22.8 Å². The maximum atomic E-state index is 12.3. The minimum Gasteiger partial charge on any atom is -0.478 e. The number of carboxylic acids is 1. The number of carbonyl (C=O) groups is 1. The van der Waals surface area contributed by atoms with Crippen molar-refractivity contribution in [3.8, 4) is 0 Å². The molecular weight excluding hydrogens is 312 g/mol. The molecule has 0 aliphatic carbocycles. The third-order valence-corrected chi connectivity index (χ3v) is 4.25. The first-order valence-corrected chi connectivity index (χ1v) is 7.34. The van der Waals surface area contributed by atoms with Crippen molar-refractivity contribution in [2.45, 2.75) is 4.90 Å². The third kappa shape index (κ3) is 3.20. The molecule has 0 radical (unpaired) electrons. The zero-order valence-electron chi connectivity index (χ0n) is 11.0. The minimum atomic E-state index is -4.23. The highest BCUT2D eigenvalue weighted by atomic mass is 32.2. The van der Waals surface area contributed by atoms with Gasteiger partial charge in [-0.25, -0.2) is 9.89 Å². The Morgan fingerprint density at radius 3 is 2.32 bits per heavy atom. The van der Waals surface area contributed by atoms with Gasteiger partial charge in [0.2, 0.25) is 0 Å². The van der Waals surface area contributed by atoms with Crippen LogP contribution in [0.1, 0.15) is 5.56 Å². The van der Waals surface area contributed by atoms with Gasteiger partial charge in [0.05, 0.1) is 4.90 Å². The fourth-order valence-corrected chi connectivity index (χ4v) is 2.81. The molecule has 0 aliphatic rings. The molecule has 2 aromatic rings. The van der Waals surface area contributed by atoms with E-state index in [2.05, 4.69) is 0 Å². The van der Waals surface area contributed by atoms with Crippen LogP contribution in [0.4, 0.5) is 0 Å². The topological polar surface area (TPSA) is 126 Å². The molecule has 1 aromatic heterocycles. The molecule has 0 fully saturated rings. The van der Waals surface area contributed by atoms with Crippen LogP contribution in [0.3, 0.4) is 0 Å². The number of nitrogens with one attached hydrogen (secondary N) is 1. The summed E-state index contributed by atoms with van der Waals surface area (Å²) in [6.07, 6.45) is 2.19. The van der Waals surface area contributed by atoms with Gasteiger partial charge in [-0.2, -0.15) is 8.42 Å². The molecule has 114 valence electrons. The second-order valence-electron chi connectivity index (χ2n) is 4.16. The summed E-state index contributed by atoms with van der Waals surface area (Å²) in [6, 6.07) is 6.93. The molecule has 0 unspecified atom stereocenters. The van der Waals surface area contributed by atoms with E-state index in [1.807, 2.05) is 5.10 Å². The molecule has 2 rings (SSSR count). The number of rotatable bonds is 4. The lowest BCUT2D eigenvalue weighted by Crippen LogP contribution is -2.33. The average molecular weight is 322 g/mol. The van der Waals surface area contributed by atoms with Gasteiger partial charge in [-0.15, -0.1) is 4.09 Å². The first kappa shape index (κ1) is 15.4.